The monoisotopic (exact) mass is 565 g/mol. The first-order valence-corrected chi connectivity index (χ1v) is 13.4. The molecule has 37 heavy (non-hydrogen) atoms. The zero-order valence-corrected chi connectivity index (χ0v) is 23.0. The Morgan fingerprint density at radius 3 is 2.35 bits per heavy atom. The molecule has 3 rings (SSSR count). The maximum atomic E-state index is 13.7. The van der Waals surface area contributed by atoms with Crippen molar-refractivity contribution in [2.45, 2.75) is 11.8 Å². The van der Waals surface area contributed by atoms with Gasteiger partial charge in [0, 0.05) is 33.9 Å². The third-order valence-electron chi connectivity index (χ3n) is 5.26. The Bertz CT molecular complexity index is 1440. The first kappa shape index (κ1) is 28.4. The van der Waals surface area contributed by atoms with E-state index in [1.807, 2.05) is 19.0 Å². The Morgan fingerprint density at radius 1 is 1.05 bits per heavy atom. The standard InChI is InChI=1S/C25H29Cl2N5O4S/c1-17(28)4-7-24(29)31-9-8-18-12-21(5-6-23(18)31)32(16-25(33)36-11-10-30(2)3)37(34,35)22-14-19(26)13-20(27)15-22/h4-9,12-15H,10-11,16,28-29H2,1-3H3/b17-4-,24-7+. The number of carbonyl (C=O) groups is 1. The number of carbonyl (C=O) groups excluding carboxylic acids is 1. The first-order valence-electron chi connectivity index (χ1n) is 11.2. The van der Waals surface area contributed by atoms with Gasteiger partial charge in [-0.3, -0.25) is 9.10 Å². The quantitative estimate of drug-likeness (QED) is 0.282. The van der Waals surface area contributed by atoms with E-state index in [1.54, 1.807) is 54.1 Å². The van der Waals surface area contributed by atoms with Gasteiger partial charge >= 0.3 is 5.97 Å². The third kappa shape index (κ3) is 7.20. The van der Waals surface area contributed by atoms with E-state index in [0.717, 1.165) is 9.82 Å². The summed E-state index contributed by atoms with van der Waals surface area (Å²) in [5.74, 6) is -0.276. The van der Waals surface area contributed by atoms with Crippen molar-refractivity contribution >= 4 is 61.6 Å². The number of rotatable bonds is 10. The van der Waals surface area contributed by atoms with Gasteiger partial charge in [0.05, 0.1) is 16.1 Å². The number of likely N-dealkylation sites (N-methyl/N-ethyl adjacent to an activating group) is 1. The molecular formula is C25H29Cl2N5O4S. The Morgan fingerprint density at radius 2 is 1.73 bits per heavy atom. The van der Waals surface area contributed by atoms with E-state index in [9.17, 15) is 13.2 Å². The van der Waals surface area contributed by atoms with Crippen LogP contribution in [0.5, 0.6) is 0 Å². The fourth-order valence-corrected chi connectivity index (χ4v) is 5.56. The molecule has 0 fully saturated rings. The smallest absolute Gasteiger partial charge is 0.326 e. The van der Waals surface area contributed by atoms with E-state index in [4.69, 9.17) is 39.4 Å². The lowest BCUT2D eigenvalue weighted by Gasteiger charge is -2.24. The summed E-state index contributed by atoms with van der Waals surface area (Å²) >= 11 is 12.1. The summed E-state index contributed by atoms with van der Waals surface area (Å²) in [4.78, 5) is 14.4. The molecule has 0 aliphatic heterocycles. The Kier molecular flexibility index (Phi) is 9.14. The maximum Gasteiger partial charge on any atom is 0.326 e. The highest BCUT2D eigenvalue weighted by Gasteiger charge is 2.29. The van der Waals surface area contributed by atoms with E-state index in [2.05, 4.69) is 0 Å². The molecule has 198 valence electrons. The predicted molar refractivity (Wildman–Crippen MR) is 149 cm³/mol. The number of fused-ring (bicyclic) bond motifs is 1. The van der Waals surface area contributed by atoms with E-state index < -0.39 is 22.5 Å². The number of benzene rings is 2. The maximum absolute atomic E-state index is 13.7. The summed E-state index contributed by atoms with van der Waals surface area (Å²) in [5, 5.41) is 1.000. The Labute approximate surface area is 226 Å². The van der Waals surface area contributed by atoms with Crippen LogP contribution in [0.1, 0.15) is 6.92 Å². The van der Waals surface area contributed by atoms with Crippen LogP contribution in [-0.2, 0) is 19.6 Å². The molecule has 0 amide bonds. The molecule has 0 bridgehead atoms. The summed E-state index contributed by atoms with van der Waals surface area (Å²) in [6.07, 6.45) is 5.11. The van der Waals surface area contributed by atoms with Crippen molar-refractivity contribution in [3.8, 4) is 0 Å². The van der Waals surface area contributed by atoms with Crippen molar-refractivity contribution in [2.24, 2.45) is 11.5 Å². The molecule has 0 atom stereocenters. The van der Waals surface area contributed by atoms with Gasteiger partial charge in [-0.2, -0.15) is 0 Å². The average Bonchev–Trinajstić information content (AvgIpc) is 3.23. The molecule has 3 aromatic rings. The van der Waals surface area contributed by atoms with Gasteiger partial charge < -0.3 is 25.7 Å². The highest BCUT2D eigenvalue weighted by molar-refractivity contribution is 7.92. The number of anilines is 1. The fraction of sp³-hybridized carbons (Fsp3) is 0.240. The minimum atomic E-state index is -4.24. The topological polar surface area (TPSA) is 124 Å². The number of ether oxygens (including phenoxy) is 1. The van der Waals surface area contributed by atoms with Crippen LogP contribution in [0.3, 0.4) is 0 Å². The molecule has 9 nitrogen and oxygen atoms in total. The number of nitrogens with two attached hydrogens (primary N) is 2. The number of sulfonamides is 1. The molecule has 0 saturated heterocycles. The normalized spacial score (nSPS) is 12.8. The highest BCUT2D eigenvalue weighted by Crippen LogP contribution is 2.31. The van der Waals surface area contributed by atoms with E-state index >= 15 is 0 Å². The lowest BCUT2D eigenvalue weighted by Crippen LogP contribution is -2.37. The van der Waals surface area contributed by atoms with Crippen LogP contribution in [0, 0.1) is 0 Å². The molecular weight excluding hydrogens is 537 g/mol. The van der Waals surface area contributed by atoms with Crippen LogP contribution in [0.2, 0.25) is 10.0 Å². The zero-order chi connectivity index (χ0) is 27.3. The second-order valence-corrected chi connectivity index (χ2v) is 11.3. The minimum Gasteiger partial charge on any atom is -0.463 e. The second-order valence-electron chi connectivity index (χ2n) is 8.57. The number of esters is 1. The van der Waals surface area contributed by atoms with Gasteiger partial charge in [0.15, 0.2) is 0 Å². The molecule has 0 radical (unpaired) electrons. The van der Waals surface area contributed by atoms with Crippen LogP contribution < -0.4 is 15.8 Å². The number of aromatic nitrogens is 1. The lowest BCUT2D eigenvalue weighted by atomic mass is 10.2. The van der Waals surface area contributed by atoms with Gasteiger partial charge in [-0.05, 0) is 75.6 Å². The van der Waals surface area contributed by atoms with Crippen LogP contribution in [0.4, 0.5) is 5.69 Å². The molecule has 0 spiro atoms. The second kappa shape index (κ2) is 11.9. The van der Waals surface area contributed by atoms with Crippen LogP contribution >= 0.6 is 23.2 Å². The minimum absolute atomic E-state index is 0.118. The highest BCUT2D eigenvalue weighted by atomic mass is 35.5. The largest absolute Gasteiger partial charge is 0.463 e. The summed E-state index contributed by atoms with van der Waals surface area (Å²) in [6, 6.07) is 10.7. The fourth-order valence-electron chi connectivity index (χ4n) is 3.43. The number of nitrogens with zero attached hydrogens (tertiary/aromatic N) is 3. The summed E-state index contributed by atoms with van der Waals surface area (Å²) in [5.41, 5.74) is 13.5. The third-order valence-corrected chi connectivity index (χ3v) is 7.44. The molecule has 0 aliphatic rings. The van der Waals surface area contributed by atoms with Crippen LogP contribution in [0.15, 0.2) is 71.4 Å². The summed E-state index contributed by atoms with van der Waals surface area (Å²) < 4.78 is 35.4. The van der Waals surface area contributed by atoms with Gasteiger partial charge in [0.2, 0.25) is 0 Å². The SMILES string of the molecule is C/C(N)=C/C=C(\N)n1ccc2cc(N(CC(=O)OCCN(C)C)S(=O)(=O)c3cc(Cl)cc(Cl)c3)ccc21. The van der Waals surface area contributed by atoms with Crippen LogP contribution in [-0.4, -0.2) is 57.6 Å². The lowest BCUT2D eigenvalue weighted by molar-refractivity contribution is -0.142. The van der Waals surface area contributed by atoms with Crippen molar-refractivity contribution in [3.05, 3.63) is 76.6 Å². The van der Waals surface area contributed by atoms with E-state index in [1.165, 1.54) is 18.2 Å². The number of hydrogen-bond donors (Lipinski definition) is 2. The van der Waals surface area contributed by atoms with Gasteiger partial charge in [0.1, 0.15) is 19.0 Å². The van der Waals surface area contributed by atoms with E-state index in [-0.39, 0.29) is 27.2 Å². The molecule has 0 unspecified atom stereocenters. The molecule has 2 aromatic carbocycles. The summed E-state index contributed by atoms with van der Waals surface area (Å²) in [6.45, 7) is 1.81. The summed E-state index contributed by atoms with van der Waals surface area (Å²) in [7, 11) is -0.568. The number of allylic oxidation sites excluding steroid dienone is 3. The van der Waals surface area contributed by atoms with Crippen molar-refractivity contribution in [1.82, 2.24) is 9.47 Å². The van der Waals surface area contributed by atoms with Gasteiger partial charge in [-0.1, -0.05) is 23.2 Å². The molecule has 4 N–H and O–H groups in total. The molecule has 1 heterocycles. The average molecular weight is 567 g/mol. The molecule has 1 aromatic heterocycles. The van der Waals surface area contributed by atoms with E-state index in [0.29, 0.717) is 23.4 Å². The molecule has 0 aliphatic carbocycles. The Hall–Kier alpha value is -3.18. The molecule has 12 heteroatoms. The number of hydrogen-bond acceptors (Lipinski definition) is 7. The van der Waals surface area contributed by atoms with Crippen molar-refractivity contribution in [2.75, 3.05) is 38.1 Å². The van der Waals surface area contributed by atoms with Crippen molar-refractivity contribution in [3.63, 3.8) is 0 Å². The zero-order valence-electron chi connectivity index (χ0n) is 20.7. The van der Waals surface area contributed by atoms with Gasteiger partial charge in [0.25, 0.3) is 10.0 Å². The molecule has 0 saturated carbocycles. The number of halogens is 2. The predicted octanol–water partition coefficient (Wildman–Crippen LogP) is 3.87. The van der Waals surface area contributed by atoms with Crippen molar-refractivity contribution in [1.29, 1.82) is 0 Å². The first-order chi connectivity index (χ1) is 17.4. The Balaban J connectivity index is 2.04. The van der Waals surface area contributed by atoms with Crippen LogP contribution in [0.25, 0.3) is 16.7 Å². The van der Waals surface area contributed by atoms with Crippen molar-refractivity contribution < 1.29 is 17.9 Å². The van der Waals surface area contributed by atoms with Gasteiger partial charge in [-0.15, -0.1) is 0 Å². The van der Waals surface area contributed by atoms with Gasteiger partial charge in [-0.25, -0.2) is 8.42 Å².